The first-order valence-electron chi connectivity index (χ1n) is 10.8. The van der Waals surface area contributed by atoms with Gasteiger partial charge in [-0.1, -0.05) is 18.2 Å². The predicted octanol–water partition coefficient (Wildman–Crippen LogP) is 3.26. The van der Waals surface area contributed by atoms with Crippen LogP contribution >= 0.6 is 0 Å². The first-order chi connectivity index (χ1) is 16.1. The molecule has 0 radical (unpaired) electrons. The van der Waals surface area contributed by atoms with Crippen LogP contribution in [0.25, 0.3) is 11.2 Å². The average Bonchev–Trinajstić information content (AvgIpc) is 3.30. The number of rotatable bonds is 8. The van der Waals surface area contributed by atoms with Crippen molar-refractivity contribution in [1.82, 2.24) is 14.3 Å². The van der Waals surface area contributed by atoms with E-state index in [4.69, 9.17) is 9.47 Å². The van der Waals surface area contributed by atoms with E-state index >= 15 is 0 Å². The van der Waals surface area contributed by atoms with Crippen LogP contribution in [0.1, 0.15) is 12.0 Å². The minimum Gasteiger partial charge on any atom is -0.382 e. The molecule has 3 amide bonds. The van der Waals surface area contributed by atoms with E-state index in [1.165, 1.54) is 5.57 Å². The van der Waals surface area contributed by atoms with Crippen molar-refractivity contribution in [3.05, 3.63) is 66.6 Å². The van der Waals surface area contributed by atoms with Crippen LogP contribution < -0.4 is 10.6 Å². The van der Waals surface area contributed by atoms with Crippen LogP contribution in [0.15, 0.2) is 61.1 Å². The van der Waals surface area contributed by atoms with Crippen LogP contribution in [0, 0.1) is 0 Å². The van der Waals surface area contributed by atoms with Gasteiger partial charge in [-0.25, -0.2) is 9.78 Å². The topological polar surface area (TPSA) is 97.2 Å². The van der Waals surface area contributed by atoms with E-state index in [9.17, 15) is 9.59 Å². The van der Waals surface area contributed by atoms with Gasteiger partial charge in [0.05, 0.1) is 18.9 Å². The molecule has 0 atom stereocenters. The summed E-state index contributed by atoms with van der Waals surface area (Å²) in [5.41, 5.74) is 4.45. The molecule has 9 heteroatoms. The lowest BCUT2D eigenvalue weighted by Crippen LogP contribution is -2.37. The molecule has 3 heterocycles. The summed E-state index contributed by atoms with van der Waals surface area (Å²) in [6, 6.07) is 11.0. The molecule has 0 saturated heterocycles. The summed E-state index contributed by atoms with van der Waals surface area (Å²) in [7, 11) is 1.60. The summed E-state index contributed by atoms with van der Waals surface area (Å²) >= 11 is 0. The fourth-order valence-electron chi connectivity index (χ4n) is 3.61. The van der Waals surface area contributed by atoms with Gasteiger partial charge in [0, 0.05) is 44.5 Å². The monoisotopic (exact) mass is 449 g/mol. The maximum atomic E-state index is 12.3. The summed E-state index contributed by atoms with van der Waals surface area (Å²) in [4.78, 5) is 30.5. The van der Waals surface area contributed by atoms with Crippen LogP contribution in [0.4, 0.5) is 16.2 Å². The highest BCUT2D eigenvalue weighted by Crippen LogP contribution is 2.24. The summed E-state index contributed by atoms with van der Waals surface area (Å²) < 4.78 is 12.1. The van der Waals surface area contributed by atoms with Crippen LogP contribution in [0.3, 0.4) is 0 Å². The molecule has 0 bridgehead atoms. The Morgan fingerprint density at radius 3 is 2.61 bits per heavy atom. The number of hydrogen-bond donors (Lipinski definition) is 2. The number of urea groups is 1. The molecular formula is C24H27N5O4. The molecule has 1 aromatic carbocycles. The molecule has 0 unspecified atom stereocenters. The van der Waals surface area contributed by atoms with Gasteiger partial charge >= 0.3 is 6.03 Å². The van der Waals surface area contributed by atoms with E-state index < -0.39 is 0 Å². The highest BCUT2D eigenvalue weighted by Gasteiger charge is 2.18. The van der Waals surface area contributed by atoms with Crippen LogP contribution in [-0.4, -0.2) is 66.2 Å². The number of carbonyl (C=O) groups excluding carboxylic acids is 2. The van der Waals surface area contributed by atoms with Gasteiger partial charge in [-0.3, -0.25) is 4.79 Å². The van der Waals surface area contributed by atoms with Gasteiger partial charge < -0.3 is 29.4 Å². The number of fused-ring (bicyclic) bond motifs is 1. The summed E-state index contributed by atoms with van der Waals surface area (Å²) in [6.07, 6.45) is 8.17. The Bertz CT molecular complexity index is 1140. The molecule has 9 nitrogen and oxygen atoms in total. The molecule has 0 fully saturated rings. The Balaban J connectivity index is 1.27. The largest absolute Gasteiger partial charge is 0.382 e. The lowest BCUT2D eigenvalue weighted by atomic mass is 9.99. The highest BCUT2D eigenvalue weighted by molar-refractivity contribution is 5.99. The minimum atomic E-state index is -0.319. The van der Waals surface area contributed by atoms with E-state index in [1.54, 1.807) is 30.5 Å². The van der Waals surface area contributed by atoms with Gasteiger partial charge in [0.25, 0.3) is 0 Å². The molecule has 4 rings (SSSR count). The molecule has 0 spiro atoms. The van der Waals surface area contributed by atoms with Gasteiger partial charge in [-0.15, -0.1) is 0 Å². The van der Waals surface area contributed by atoms with E-state index in [2.05, 4.69) is 21.7 Å². The van der Waals surface area contributed by atoms with Crippen LogP contribution in [0.5, 0.6) is 0 Å². The van der Waals surface area contributed by atoms with Crippen molar-refractivity contribution in [3.63, 3.8) is 0 Å². The van der Waals surface area contributed by atoms with Crippen molar-refractivity contribution in [3.8, 4) is 0 Å². The second-order valence-electron chi connectivity index (χ2n) is 7.63. The third kappa shape index (κ3) is 5.97. The summed E-state index contributed by atoms with van der Waals surface area (Å²) in [6.45, 7) is 2.18. The van der Waals surface area contributed by atoms with Crippen molar-refractivity contribution in [2.75, 3.05) is 50.7 Å². The maximum Gasteiger partial charge on any atom is 0.323 e. The SMILES string of the molecule is COCCOCC(=O)N1CC=C(c2ccc(NC(=O)Nc3ccc4nccn4c3)cc2)CC1. The van der Waals surface area contributed by atoms with E-state index in [1.807, 2.05) is 40.9 Å². The van der Waals surface area contributed by atoms with Crippen molar-refractivity contribution in [1.29, 1.82) is 0 Å². The van der Waals surface area contributed by atoms with Gasteiger partial charge in [-0.05, 0) is 41.8 Å². The molecule has 0 saturated carbocycles. The van der Waals surface area contributed by atoms with Gasteiger partial charge in [0.15, 0.2) is 0 Å². The molecule has 2 N–H and O–H groups in total. The Morgan fingerprint density at radius 2 is 1.85 bits per heavy atom. The second kappa shape index (κ2) is 10.8. The Kier molecular flexibility index (Phi) is 7.33. The molecule has 1 aliphatic rings. The normalized spacial score (nSPS) is 13.6. The number of benzene rings is 1. The summed E-state index contributed by atoms with van der Waals surface area (Å²) in [5.74, 6) is -0.0147. The Labute approximate surface area is 192 Å². The minimum absolute atomic E-state index is 0.0147. The molecule has 33 heavy (non-hydrogen) atoms. The molecule has 1 aliphatic heterocycles. The number of amides is 3. The molecule has 0 aliphatic carbocycles. The molecule has 2 aromatic heterocycles. The zero-order chi connectivity index (χ0) is 23.0. The predicted molar refractivity (Wildman–Crippen MR) is 126 cm³/mol. The average molecular weight is 450 g/mol. The van der Waals surface area contributed by atoms with Crippen molar-refractivity contribution >= 4 is 34.5 Å². The van der Waals surface area contributed by atoms with Crippen molar-refractivity contribution < 1.29 is 19.1 Å². The molecule has 172 valence electrons. The number of ether oxygens (including phenoxy) is 2. The second-order valence-corrected chi connectivity index (χ2v) is 7.63. The fourth-order valence-corrected chi connectivity index (χ4v) is 3.61. The first-order valence-corrected chi connectivity index (χ1v) is 10.8. The lowest BCUT2D eigenvalue weighted by Gasteiger charge is -2.26. The number of hydrogen-bond acceptors (Lipinski definition) is 5. The van der Waals surface area contributed by atoms with Crippen molar-refractivity contribution in [2.45, 2.75) is 6.42 Å². The van der Waals surface area contributed by atoms with Gasteiger partial charge in [0.1, 0.15) is 12.3 Å². The number of nitrogens with one attached hydrogen (secondary N) is 2. The Hall–Kier alpha value is -3.69. The standard InChI is InChI=1S/C24H27N5O4/c1-32-14-15-33-17-23(30)28-11-8-19(9-12-28)18-2-4-20(5-3-18)26-24(31)27-21-6-7-22-25-10-13-29(22)16-21/h2-8,10,13,16H,9,11-12,14-15,17H2,1H3,(H2,26,27,31). The smallest absolute Gasteiger partial charge is 0.323 e. The summed E-state index contributed by atoms with van der Waals surface area (Å²) in [5, 5.41) is 5.67. The van der Waals surface area contributed by atoms with E-state index in [0.717, 1.165) is 17.6 Å². The lowest BCUT2D eigenvalue weighted by molar-refractivity contribution is -0.136. The van der Waals surface area contributed by atoms with E-state index in [0.29, 0.717) is 37.7 Å². The Morgan fingerprint density at radius 1 is 1.06 bits per heavy atom. The van der Waals surface area contributed by atoms with Crippen LogP contribution in [0.2, 0.25) is 0 Å². The third-order valence-electron chi connectivity index (χ3n) is 5.38. The van der Waals surface area contributed by atoms with Crippen molar-refractivity contribution in [2.24, 2.45) is 0 Å². The first kappa shape index (κ1) is 22.5. The third-order valence-corrected chi connectivity index (χ3v) is 5.38. The molecular weight excluding hydrogens is 422 g/mol. The fraction of sp³-hybridized carbons (Fsp3) is 0.292. The molecule has 3 aromatic rings. The zero-order valence-electron chi connectivity index (χ0n) is 18.5. The number of nitrogens with zero attached hydrogens (tertiary/aromatic N) is 3. The van der Waals surface area contributed by atoms with Crippen LogP contribution in [-0.2, 0) is 14.3 Å². The number of imidazole rings is 1. The number of pyridine rings is 1. The van der Waals surface area contributed by atoms with Gasteiger partial charge in [0.2, 0.25) is 5.91 Å². The maximum absolute atomic E-state index is 12.3. The zero-order valence-corrected chi connectivity index (χ0v) is 18.5. The van der Waals surface area contributed by atoms with Gasteiger partial charge in [-0.2, -0.15) is 0 Å². The van der Waals surface area contributed by atoms with E-state index in [-0.39, 0.29) is 18.5 Å². The number of methoxy groups -OCH3 is 1. The number of aromatic nitrogens is 2. The number of carbonyl (C=O) groups is 2. The quantitative estimate of drug-likeness (QED) is 0.515. The number of anilines is 2. The highest BCUT2D eigenvalue weighted by atomic mass is 16.5.